The van der Waals surface area contributed by atoms with Crippen molar-refractivity contribution >= 4 is 39.8 Å². The summed E-state index contributed by atoms with van der Waals surface area (Å²) in [5.41, 5.74) is 6.23. The topological polar surface area (TPSA) is 115 Å². The highest BCUT2D eigenvalue weighted by molar-refractivity contribution is 7.89. The number of pyridine rings is 1. The van der Waals surface area contributed by atoms with E-state index in [2.05, 4.69) is 10.3 Å². The third-order valence-electron chi connectivity index (χ3n) is 4.16. The van der Waals surface area contributed by atoms with Crippen molar-refractivity contribution in [2.45, 2.75) is 31.0 Å². The molecule has 28 heavy (non-hydrogen) atoms. The van der Waals surface area contributed by atoms with Crippen molar-refractivity contribution in [3.05, 3.63) is 48.2 Å². The number of rotatable bonds is 4. The summed E-state index contributed by atoms with van der Waals surface area (Å²) in [4.78, 5) is 16.4. The van der Waals surface area contributed by atoms with E-state index in [0.29, 0.717) is 11.5 Å². The van der Waals surface area contributed by atoms with Crippen LogP contribution in [0.15, 0.2) is 47.5 Å². The number of carbonyl (C=O) groups excluding carboxylic acids is 1. The highest BCUT2D eigenvalue weighted by Gasteiger charge is 2.32. The van der Waals surface area contributed by atoms with Crippen molar-refractivity contribution in [1.29, 1.82) is 0 Å². The first-order valence-electron chi connectivity index (χ1n) is 8.54. The molecule has 1 aliphatic heterocycles. The molecule has 8 nitrogen and oxygen atoms in total. The Bertz CT molecular complexity index is 927. The molecule has 1 saturated heterocycles. The quantitative estimate of drug-likeness (QED) is 0.773. The van der Waals surface area contributed by atoms with Crippen LogP contribution in [0.3, 0.4) is 0 Å². The number of halogens is 1. The lowest BCUT2D eigenvalue weighted by atomic mass is 10.2. The van der Waals surface area contributed by atoms with E-state index in [4.69, 9.17) is 10.5 Å². The predicted octanol–water partition coefficient (Wildman–Crippen LogP) is 2.14. The normalized spacial score (nSPS) is 20.2. The maximum atomic E-state index is 13.0. The molecule has 0 bridgehead atoms. The molecule has 2 atom stereocenters. The van der Waals surface area contributed by atoms with Crippen molar-refractivity contribution in [3.8, 4) is 0 Å². The molecular weight excluding hydrogens is 404 g/mol. The summed E-state index contributed by atoms with van der Waals surface area (Å²) in [6.45, 7) is 4.23. The van der Waals surface area contributed by atoms with Gasteiger partial charge in [0, 0.05) is 18.7 Å². The van der Waals surface area contributed by atoms with Crippen molar-refractivity contribution in [1.82, 2.24) is 9.29 Å². The number of hydrogen-bond acceptors (Lipinski definition) is 6. The van der Waals surface area contributed by atoms with Crippen molar-refractivity contribution in [2.75, 3.05) is 24.1 Å². The molecule has 2 heterocycles. The van der Waals surface area contributed by atoms with Gasteiger partial charge in [-0.2, -0.15) is 4.31 Å². The first-order chi connectivity index (χ1) is 12.8. The van der Waals surface area contributed by atoms with Crippen molar-refractivity contribution in [2.24, 2.45) is 0 Å². The summed E-state index contributed by atoms with van der Waals surface area (Å²) < 4.78 is 32.9. The van der Waals surface area contributed by atoms with Gasteiger partial charge in [0.25, 0.3) is 5.91 Å². The molecule has 3 N–H and O–H groups in total. The number of carbonyl (C=O) groups is 1. The molecule has 1 fully saturated rings. The van der Waals surface area contributed by atoms with Gasteiger partial charge in [0.2, 0.25) is 10.0 Å². The number of ether oxygens (including phenoxy) is 1. The molecule has 1 amide bonds. The van der Waals surface area contributed by atoms with Crippen LogP contribution in [0.25, 0.3) is 0 Å². The molecule has 1 aromatic heterocycles. The van der Waals surface area contributed by atoms with Crippen LogP contribution < -0.4 is 11.1 Å². The number of nitrogens with one attached hydrogen (secondary N) is 1. The number of hydrogen-bond donors (Lipinski definition) is 2. The number of nitrogens with zero attached hydrogens (tertiary/aromatic N) is 2. The number of benzene rings is 1. The van der Waals surface area contributed by atoms with Crippen LogP contribution in [0.4, 0.5) is 11.5 Å². The maximum absolute atomic E-state index is 13.0. The van der Waals surface area contributed by atoms with E-state index in [-0.39, 0.29) is 48.2 Å². The third-order valence-corrected chi connectivity index (χ3v) is 5.99. The first-order valence-corrected chi connectivity index (χ1v) is 9.98. The number of anilines is 2. The lowest BCUT2D eigenvalue weighted by Gasteiger charge is -2.34. The maximum Gasteiger partial charge on any atom is 0.255 e. The van der Waals surface area contributed by atoms with E-state index < -0.39 is 15.9 Å². The summed E-state index contributed by atoms with van der Waals surface area (Å²) in [5.74, 6) is -0.0857. The Kier molecular flexibility index (Phi) is 7.00. The molecule has 3 rings (SSSR count). The smallest absolute Gasteiger partial charge is 0.255 e. The van der Waals surface area contributed by atoms with Gasteiger partial charge in [0.1, 0.15) is 5.82 Å². The van der Waals surface area contributed by atoms with Gasteiger partial charge in [0.15, 0.2) is 0 Å². The third kappa shape index (κ3) is 4.99. The summed E-state index contributed by atoms with van der Waals surface area (Å²) in [5, 5.41) is 2.67. The number of amides is 1. The standard InChI is InChI=1S/C18H22N4O4S.ClH/c1-12-10-22(11-13(2)26-12)27(24,25)16-5-3-4-14(8-16)18(23)21-15-6-7-17(19)20-9-15;/h3-9,12-13H,10-11H2,1-2H3,(H2,19,20)(H,21,23);1H. The number of morpholine rings is 1. The van der Waals surface area contributed by atoms with Gasteiger partial charge >= 0.3 is 0 Å². The van der Waals surface area contributed by atoms with Crippen LogP contribution in [0.2, 0.25) is 0 Å². The minimum Gasteiger partial charge on any atom is -0.384 e. The Morgan fingerprint density at radius 2 is 1.89 bits per heavy atom. The zero-order chi connectivity index (χ0) is 19.6. The fraction of sp³-hybridized carbons (Fsp3) is 0.333. The number of sulfonamides is 1. The van der Waals surface area contributed by atoms with Crippen LogP contribution in [-0.2, 0) is 14.8 Å². The van der Waals surface area contributed by atoms with E-state index in [0.717, 1.165) is 0 Å². The summed E-state index contributed by atoms with van der Waals surface area (Å²) in [6, 6.07) is 9.16. The summed E-state index contributed by atoms with van der Waals surface area (Å²) in [6.07, 6.45) is 1.06. The molecule has 0 spiro atoms. The molecule has 2 unspecified atom stereocenters. The van der Waals surface area contributed by atoms with Gasteiger partial charge in [-0.25, -0.2) is 13.4 Å². The fourth-order valence-electron chi connectivity index (χ4n) is 2.96. The Morgan fingerprint density at radius 3 is 2.50 bits per heavy atom. The lowest BCUT2D eigenvalue weighted by molar-refractivity contribution is -0.0440. The molecule has 2 aromatic rings. The van der Waals surface area contributed by atoms with Crippen LogP contribution >= 0.6 is 12.4 Å². The van der Waals surface area contributed by atoms with E-state index >= 15 is 0 Å². The average Bonchev–Trinajstić information content (AvgIpc) is 2.63. The highest BCUT2D eigenvalue weighted by Crippen LogP contribution is 2.22. The van der Waals surface area contributed by atoms with Crippen molar-refractivity contribution in [3.63, 3.8) is 0 Å². The van der Waals surface area contributed by atoms with Crippen LogP contribution in [0, 0.1) is 0 Å². The van der Waals surface area contributed by atoms with Crippen LogP contribution in [0.5, 0.6) is 0 Å². The Morgan fingerprint density at radius 1 is 1.21 bits per heavy atom. The zero-order valence-electron chi connectivity index (χ0n) is 15.5. The predicted molar refractivity (Wildman–Crippen MR) is 109 cm³/mol. The molecule has 0 saturated carbocycles. The minimum absolute atomic E-state index is 0. The summed E-state index contributed by atoms with van der Waals surface area (Å²) >= 11 is 0. The second-order valence-corrected chi connectivity index (χ2v) is 8.47. The fourth-order valence-corrected chi connectivity index (χ4v) is 4.59. The number of nitrogen functional groups attached to an aromatic ring is 1. The van der Waals surface area contributed by atoms with Gasteiger partial charge in [-0.3, -0.25) is 4.79 Å². The molecule has 1 aromatic carbocycles. The second-order valence-electron chi connectivity index (χ2n) is 6.53. The van der Waals surface area contributed by atoms with E-state index in [1.807, 2.05) is 13.8 Å². The largest absolute Gasteiger partial charge is 0.384 e. The van der Waals surface area contributed by atoms with E-state index in [9.17, 15) is 13.2 Å². The van der Waals surface area contributed by atoms with Crippen LogP contribution in [-0.4, -0.2) is 48.9 Å². The zero-order valence-corrected chi connectivity index (χ0v) is 17.2. The van der Waals surface area contributed by atoms with Gasteiger partial charge in [-0.05, 0) is 44.2 Å². The Hall–Kier alpha value is -2.20. The van der Waals surface area contributed by atoms with E-state index in [1.165, 1.54) is 22.6 Å². The van der Waals surface area contributed by atoms with Crippen LogP contribution in [0.1, 0.15) is 24.2 Å². The van der Waals surface area contributed by atoms with Gasteiger partial charge in [-0.1, -0.05) is 6.07 Å². The molecule has 1 aliphatic rings. The highest BCUT2D eigenvalue weighted by atomic mass is 35.5. The molecular formula is C18H23ClN4O4S. The number of aromatic nitrogens is 1. The SMILES string of the molecule is CC1CN(S(=O)(=O)c2cccc(C(=O)Nc3ccc(N)nc3)c2)CC(C)O1.Cl. The van der Waals surface area contributed by atoms with E-state index in [1.54, 1.807) is 24.3 Å². The average molecular weight is 427 g/mol. The second kappa shape index (κ2) is 8.87. The summed E-state index contributed by atoms with van der Waals surface area (Å²) in [7, 11) is -3.72. The molecule has 0 aliphatic carbocycles. The van der Waals surface area contributed by atoms with Gasteiger partial charge in [0.05, 0.1) is 29.0 Å². The monoisotopic (exact) mass is 426 g/mol. The van der Waals surface area contributed by atoms with Crippen molar-refractivity contribution < 1.29 is 17.9 Å². The minimum atomic E-state index is -3.72. The van der Waals surface area contributed by atoms with Gasteiger partial charge < -0.3 is 15.8 Å². The molecule has 0 radical (unpaired) electrons. The molecule has 152 valence electrons. The van der Waals surface area contributed by atoms with Gasteiger partial charge in [-0.15, -0.1) is 12.4 Å². The Labute approximate surface area is 170 Å². The number of nitrogens with two attached hydrogens (primary N) is 1. The Balaban J connectivity index is 0.00000280. The lowest BCUT2D eigenvalue weighted by Crippen LogP contribution is -2.48. The first kappa shape index (κ1) is 22.1. The molecule has 10 heteroatoms.